The Labute approximate surface area is 138 Å². The maximum absolute atomic E-state index is 11.8. The topological polar surface area (TPSA) is 64.7 Å². The average molecular weight is 320 g/mol. The lowest BCUT2D eigenvalue weighted by Crippen LogP contribution is -2.30. The van der Waals surface area contributed by atoms with E-state index in [0.29, 0.717) is 13.1 Å². The summed E-state index contributed by atoms with van der Waals surface area (Å²) in [4.78, 5) is 27.3. The molecule has 1 aromatic carbocycles. The average Bonchev–Trinajstić information content (AvgIpc) is 2.46. The molecule has 23 heavy (non-hydrogen) atoms. The molecule has 3 amide bonds. The van der Waals surface area contributed by atoms with Gasteiger partial charge in [-0.15, -0.1) is 0 Å². The summed E-state index contributed by atoms with van der Waals surface area (Å²) in [5, 5.41) is 5.52. The molecule has 0 aliphatic carbocycles. The Balaban J connectivity index is 3.04. The molecule has 2 N–H and O–H groups in total. The maximum Gasteiger partial charge on any atom is 0.319 e. The van der Waals surface area contributed by atoms with Gasteiger partial charge >= 0.3 is 6.03 Å². The molecule has 0 spiro atoms. The van der Waals surface area contributed by atoms with E-state index in [9.17, 15) is 9.59 Å². The number of amides is 3. The fraction of sp³-hybridized carbons (Fsp3) is 0.529. The highest BCUT2D eigenvalue weighted by molar-refractivity contribution is 5.89. The molecule has 0 heterocycles. The highest BCUT2D eigenvalue weighted by Crippen LogP contribution is 2.24. The lowest BCUT2D eigenvalue weighted by molar-refractivity contribution is -0.129. The molecule has 0 fully saturated rings. The second-order valence-electron chi connectivity index (χ2n) is 5.66. The number of hydrogen-bond acceptors (Lipinski definition) is 3. The summed E-state index contributed by atoms with van der Waals surface area (Å²) in [6.45, 7) is 7.33. The van der Waals surface area contributed by atoms with Gasteiger partial charge in [0.05, 0.1) is 0 Å². The minimum absolute atomic E-state index is 0.0543. The molecule has 0 radical (unpaired) electrons. The van der Waals surface area contributed by atoms with E-state index in [-0.39, 0.29) is 11.9 Å². The second kappa shape index (κ2) is 9.02. The standard InChI is InChI=1S/C17H28N4O2/c1-6-10-21(13(3)22)12-14-11-15(19-17(23)18-7-2)8-9-16(14)20(4)5/h8-9,11H,6-7,10,12H2,1-5H3,(H2,18,19,23). The van der Waals surface area contributed by atoms with Crippen molar-refractivity contribution in [2.24, 2.45) is 0 Å². The fourth-order valence-electron chi connectivity index (χ4n) is 2.39. The van der Waals surface area contributed by atoms with Gasteiger partial charge in [0.15, 0.2) is 0 Å². The highest BCUT2D eigenvalue weighted by Gasteiger charge is 2.13. The molecule has 0 atom stereocenters. The van der Waals surface area contributed by atoms with Gasteiger partial charge in [0, 0.05) is 52.0 Å². The molecular formula is C17H28N4O2. The first kappa shape index (κ1) is 18.8. The summed E-state index contributed by atoms with van der Waals surface area (Å²) < 4.78 is 0. The molecule has 0 bridgehead atoms. The van der Waals surface area contributed by atoms with Crippen molar-refractivity contribution in [3.05, 3.63) is 23.8 Å². The summed E-state index contributed by atoms with van der Waals surface area (Å²) in [5.41, 5.74) is 2.76. The van der Waals surface area contributed by atoms with Crippen LogP contribution < -0.4 is 15.5 Å². The van der Waals surface area contributed by atoms with E-state index in [0.717, 1.165) is 29.9 Å². The lowest BCUT2D eigenvalue weighted by atomic mass is 10.1. The van der Waals surface area contributed by atoms with Gasteiger partial charge in [-0.1, -0.05) is 6.92 Å². The minimum atomic E-state index is -0.229. The minimum Gasteiger partial charge on any atom is -0.377 e. The van der Waals surface area contributed by atoms with Crippen molar-refractivity contribution >= 4 is 23.3 Å². The van der Waals surface area contributed by atoms with Crippen LogP contribution in [-0.4, -0.2) is 44.0 Å². The van der Waals surface area contributed by atoms with Crippen molar-refractivity contribution in [2.45, 2.75) is 33.7 Å². The molecule has 1 rings (SSSR count). The third-order valence-corrected chi connectivity index (χ3v) is 3.46. The second-order valence-corrected chi connectivity index (χ2v) is 5.66. The van der Waals surface area contributed by atoms with E-state index in [2.05, 4.69) is 17.6 Å². The van der Waals surface area contributed by atoms with E-state index in [4.69, 9.17) is 0 Å². The summed E-state index contributed by atoms with van der Waals surface area (Å²) in [6, 6.07) is 5.52. The third-order valence-electron chi connectivity index (χ3n) is 3.46. The molecule has 0 aliphatic rings. The van der Waals surface area contributed by atoms with Crippen LogP contribution in [0.3, 0.4) is 0 Å². The van der Waals surface area contributed by atoms with E-state index >= 15 is 0 Å². The van der Waals surface area contributed by atoms with Gasteiger partial charge in [0.2, 0.25) is 5.91 Å². The third kappa shape index (κ3) is 5.81. The van der Waals surface area contributed by atoms with E-state index in [1.54, 1.807) is 6.92 Å². The Morgan fingerprint density at radius 1 is 1.17 bits per heavy atom. The van der Waals surface area contributed by atoms with Gasteiger partial charge < -0.3 is 20.4 Å². The summed E-state index contributed by atoms with van der Waals surface area (Å²) in [7, 11) is 3.93. The molecule has 0 saturated heterocycles. The Morgan fingerprint density at radius 3 is 2.39 bits per heavy atom. The molecule has 0 aliphatic heterocycles. The van der Waals surface area contributed by atoms with Crippen molar-refractivity contribution in [2.75, 3.05) is 37.4 Å². The lowest BCUT2D eigenvalue weighted by Gasteiger charge is -2.25. The van der Waals surface area contributed by atoms with Gasteiger partial charge in [-0.2, -0.15) is 0 Å². The molecule has 128 valence electrons. The molecule has 6 heteroatoms. The predicted molar refractivity (Wildman–Crippen MR) is 94.8 cm³/mol. The zero-order valence-corrected chi connectivity index (χ0v) is 14.8. The first-order chi connectivity index (χ1) is 10.9. The number of carbonyl (C=O) groups is 2. The van der Waals surface area contributed by atoms with Crippen LogP contribution in [0.5, 0.6) is 0 Å². The Kier molecular flexibility index (Phi) is 7.38. The number of anilines is 2. The number of nitrogens with one attached hydrogen (secondary N) is 2. The number of nitrogens with zero attached hydrogens (tertiary/aromatic N) is 2. The number of carbonyl (C=O) groups excluding carboxylic acids is 2. The van der Waals surface area contributed by atoms with Gasteiger partial charge in [0.25, 0.3) is 0 Å². The summed E-state index contributed by atoms with van der Waals surface area (Å²) >= 11 is 0. The predicted octanol–water partition coefficient (Wildman–Crippen LogP) is 2.65. The summed E-state index contributed by atoms with van der Waals surface area (Å²) in [5.74, 6) is 0.0543. The SMILES string of the molecule is CCCN(Cc1cc(NC(=O)NCC)ccc1N(C)C)C(C)=O. The molecule has 1 aromatic rings. The quantitative estimate of drug-likeness (QED) is 0.812. The maximum atomic E-state index is 11.8. The highest BCUT2D eigenvalue weighted by atomic mass is 16.2. The Morgan fingerprint density at radius 2 is 1.87 bits per heavy atom. The van der Waals surface area contributed by atoms with Crippen molar-refractivity contribution < 1.29 is 9.59 Å². The van der Waals surface area contributed by atoms with Gasteiger partial charge in [-0.25, -0.2) is 4.79 Å². The summed E-state index contributed by atoms with van der Waals surface area (Å²) in [6.07, 6.45) is 0.910. The van der Waals surface area contributed by atoms with Gasteiger partial charge in [0.1, 0.15) is 0 Å². The van der Waals surface area contributed by atoms with Crippen molar-refractivity contribution in [3.8, 4) is 0 Å². The van der Waals surface area contributed by atoms with Crippen molar-refractivity contribution in [1.29, 1.82) is 0 Å². The van der Waals surface area contributed by atoms with Crippen molar-refractivity contribution in [1.82, 2.24) is 10.2 Å². The Bertz CT molecular complexity index is 543. The zero-order chi connectivity index (χ0) is 17.4. The van der Waals surface area contributed by atoms with Crippen LogP contribution in [0.25, 0.3) is 0 Å². The first-order valence-electron chi connectivity index (χ1n) is 7.99. The van der Waals surface area contributed by atoms with E-state index in [1.807, 2.05) is 49.0 Å². The smallest absolute Gasteiger partial charge is 0.319 e. The normalized spacial score (nSPS) is 10.1. The Hall–Kier alpha value is -2.24. The monoisotopic (exact) mass is 320 g/mol. The van der Waals surface area contributed by atoms with Gasteiger partial charge in [-0.05, 0) is 37.1 Å². The molecule has 6 nitrogen and oxygen atoms in total. The number of hydrogen-bond donors (Lipinski definition) is 2. The van der Waals surface area contributed by atoms with E-state index in [1.165, 1.54) is 0 Å². The first-order valence-corrected chi connectivity index (χ1v) is 7.99. The van der Waals surface area contributed by atoms with Crippen molar-refractivity contribution in [3.63, 3.8) is 0 Å². The fourth-order valence-corrected chi connectivity index (χ4v) is 2.39. The van der Waals surface area contributed by atoms with Crippen LogP contribution >= 0.6 is 0 Å². The van der Waals surface area contributed by atoms with Crippen LogP contribution in [0.1, 0.15) is 32.8 Å². The molecular weight excluding hydrogens is 292 g/mol. The van der Waals surface area contributed by atoms with Crippen LogP contribution in [0, 0.1) is 0 Å². The van der Waals surface area contributed by atoms with E-state index < -0.39 is 0 Å². The van der Waals surface area contributed by atoms with Crippen LogP contribution in [0.2, 0.25) is 0 Å². The number of urea groups is 1. The van der Waals surface area contributed by atoms with Crippen LogP contribution in [-0.2, 0) is 11.3 Å². The molecule has 0 unspecified atom stereocenters. The van der Waals surface area contributed by atoms with Crippen LogP contribution in [0.4, 0.5) is 16.2 Å². The number of rotatable bonds is 7. The van der Waals surface area contributed by atoms with Gasteiger partial charge in [-0.3, -0.25) is 4.79 Å². The largest absolute Gasteiger partial charge is 0.377 e. The molecule has 0 aromatic heterocycles. The number of benzene rings is 1. The zero-order valence-electron chi connectivity index (χ0n) is 14.8. The molecule has 0 saturated carbocycles. The van der Waals surface area contributed by atoms with Crippen LogP contribution in [0.15, 0.2) is 18.2 Å².